The molecule has 16 heavy (non-hydrogen) atoms. The summed E-state index contributed by atoms with van der Waals surface area (Å²) in [7, 11) is 0. The molecule has 3 nitrogen and oxygen atoms in total. The van der Waals surface area contributed by atoms with Gasteiger partial charge < -0.3 is 9.88 Å². The van der Waals surface area contributed by atoms with E-state index in [-0.39, 0.29) is 0 Å². The Hall–Kier alpha value is -0.830. The van der Waals surface area contributed by atoms with Crippen LogP contribution in [0, 0.1) is 0 Å². The molecular weight excluding hydrogens is 198 g/mol. The number of imidazole rings is 1. The first-order valence-corrected chi connectivity index (χ1v) is 6.32. The van der Waals surface area contributed by atoms with Crippen LogP contribution in [0.2, 0.25) is 0 Å². The van der Waals surface area contributed by atoms with E-state index in [1.165, 1.54) is 5.82 Å². The fraction of sp³-hybridized carbons (Fsp3) is 0.769. The van der Waals surface area contributed by atoms with Crippen molar-refractivity contribution in [3.05, 3.63) is 18.2 Å². The first-order valence-electron chi connectivity index (χ1n) is 6.32. The van der Waals surface area contributed by atoms with Crippen LogP contribution in [0.15, 0.2) is 12.4 Å². The Labute approximate surface area is 99.3 Å². The summed E-state index contributed by atoms with van der Waals surface area (Å²) < 4.78 is 2.30. The average Bonchev–Trinajstić information content (AvgIpc) is 2.65. The van der Waals surface area contributed by atoms with Crippen molar-refractivity contribution < 1.29 is 0 Å². The van der Waals surface area contributed by atoms with Gasteiger partial charge in [0.25, 0.3) is 0 Å². The SMILES string of the molecule is CCNC(C)CC(C)n1ccnc1C(C)C. The third kappa shape index (κ3) is 3.34. The lowest BCUT2D eigenvalue weighted by Crippen LogP contribution is -2.28. The predicted molar refractivity (Wildman–Crippen MR) is 68.8 cm³/mol. The summed E-state index contributed by atoms with van der Waals surface area (Å²) in [5, 5.41) is 3.45. The van der Waals surface area contributed by atoms with Gasteiger partial charge in [0.05, 0.1) is 0 Å². The molecule has 0 amide bonds. The molecule has 2 atom stereocenters. The van der Waals surface area contributed by atoms with Crippen LogP contribution in [-0.4, -0.2) is 22.1 Å². The van der Waals surface area contributed by atoms with Crippen molar-refractivity contribution in [1.82, 2.24) is 14.9 Å². The van der Waals surface area contributed by atoms with Crippen molar-refractivity contribution >= 4 is 0 Å². The Morgan fingerprint density at radius 2 is 2.00 bits per heavy atom. The van der Waals surface area contributed by atoms with E-state index in [0.29, 0.717) is 18.0 Å². The van der Waals surface area contributed by atoms with Crippen LogP contribution < -0.4 is 5.32 Å². The monoisotopic (exact) mass is 223 g/mol. The van der Waals surface area contributed by atoms with E-state index < -0.39 is 0 Å². The van der Waals surface area contributed by atoms with Crippen molar-refractivity contribution in [3.8, 4) is 0 Å². The van der Waals surface area contributed by atoms with Crippen LogP contribution in [0.1, 0.15) is 58.8 Å². The Kier molecular flexibility index (Phi) is 5.00. The van der Waals surface area contributed by atoms with Crippen molar-refractivity contribution in [2.24, 2.45) is 0 Å². The summed E-state index contributed by atoms with van der Waals surface area (Å²) in [6, 6.07) is 1.07. The zero-order valence-electron chi connectivity index (χ0n) is 11.2. The highest BCUT2D eigenvalue weighted by molar-refractivity contribution is 4.99. The quantitative estimate of drug-likeness (QED) is 0.803. The van der Waals surface area contributed by atoms with Gasteiger partial charge in [0, 0.05) is 30.4 Å². The normalized spacial score (nSPS) is 15.4. The molecule has 1 aromatic rings. The fourth-order valence-electron chi connectivity index (χ4n) is 2.20. The highest BCUT2D eigenvalue weighted by atomic mass is 15.1. The van der Waals surface area contributed by atoms with E-state index >= 15 is 0 Å². The minimum atomic E-state index is 0.492. The van der Waals surface area contributed by atoms with Crippen molar-refractivity contribution in [2.45, 2.75) is 59.0 Å². The third-order valence-corrected chi connectivity index (χ3v) is 2.94. The lowest BCUT2D eigenvalue weighted by molar-refractivity contribution is 0.406. The Morgan fingerprint density at radius 1 is 1.31 bits per heavy atom. The van der Waals surface area contributed by atoms with Gasteiger partial charge in [0.2, 0.25) is 0 Å². The van der Waals surface area contributed by atoms with Gasteiger partial charge in [-0.1, -0.05) is 20.8 Å². The number of nitrogens with zero attached hydrogens (tertiary/aromatic N) is 2. The molecule has 0 bridgehead atoms. The van der Waals surface area contributed by atoms with Crippen LogP contribution in [0.3, 0.4) is 0 Å². The topological polar surface area (TPSA) is 29.9 Å². The first kappa shape index (κ1) is 13.2. The number of nitrogens with one attached hydrogen (secondary N) is 1. The van der Waals surface area contributed by atoms with Crippen LogP contribution >= 0.6 is 0 Å². The Morgan fingerprint density at radius 3 is 2.56 bits per heavy atom. The van der Waals surface area contributed by atoms with Gasteiger partial charge in [-0.15, -0.1) is 0 Å². The molecule has 0 saturated carbocycles. The lowest BCUT2D eigenvalue weighted by Gasteiger charge is -2.22. The van der Waals surface area contributed by atoms with Crippen molar-refractivity contribution in [1.29, 1.82) is 0 Å². The molecule has 1 heterocycles. The fourth-order valence-corrected chi connectivity index (χ4v) is 2.20. The van der Waals surface area contributed by atoms with E-state index in [9.17, 15) is 0 Å². The molecule has 0 aliphatic rings. The van der Waals surface area contributed by atoms with E-state index in [1.54, 1.807) is 0 Å². The molecule has 0 aliphatic heterocycles. The second-order valence-corrected chi connectivity index (χ2v) is 4.89. The van der Waals surface area contributed by atoms with Crippen molar-refractivity contribution in [3.63, 3.8) is 0 Å². The molecule has 0 aliphatic carbocycles. The summed E-state index contributed by atoms with van der Waals surface area (Å²) in [6.45, 7) is 12.1. The molecule has 2 unspecified atom stereocenters. The molecule has 0 aromatic carbocycles. The van der Waals surface area contributed by atoms with Gasteiger partial charge in [-0.25, -0.2) is 4.98 Å². The predicted octanol–water partition coefficient (Wildman–Crippen LogP) is 2.96. The molecule has 3 heteroatoms. The largest absolute Gasteiger partial charge is 0.332 e. The molecule has 1 aromatic heterocycles. The third-order valence-electron chi connectivity index (χ3n) is 2.94. The first-order chi connectivity index (χ1) is 7.56. The molecule has 0 radical (unpaired) electrons. The standard InChI is InChI=1S/C13H25N3/c1-6-14-11(4)9-12(5)16-8-7-15-13(16)10(2)3/h7-8,10-12,14H,6,9H2,1-5H3. The van der Waals surface area contributed by atoms with E-state index in [0.717, 1.165) is 13.0 Å². The number of hydrogen-bond acceptors (Lipinski definition) is 2. The van der Waals surface area contributed by atoms with Crippen LogP contribution in [-0.2, 0) is 0 Å². The zero-order valence-corrected chi connectivity index (χ0v) is 11.2. The number of rotatable bonds is 6. The minimum Gasteiger partial charge on any atom is -0.332 e. The van der Waals surface area contributed by atoms with Gasteiger partial charge in [0.1, 0.15) is 5.82 Å². The average molecular weight is 223 g/mol. The summed E-state index contributed by atoms with van der Waals surface area (Å²) in [4.78, 5) is 4.43. The number of hydrogen-bond donors (Lipinski definition) is 1. The van der Waals surface area contributed by atoms with E-state index in [2.05, 4.69) is 55.7 Å². The maximum absolute atomic E-state index is 4.43. The minimum absolute atomic E-state index is 0.492. The summed E-state index contributed by atoms with van der Waals surface area (Å²) in [5.41, 5.74) is 0. The van der Waals surface area contributed by atoms with Gasteiger partial charge in [-0.3, -0.25) is 0 Å². The van der Waals surface area contributed by atoms with Gasteiger partial charge in [-0.05, 0) is 26.8 Å². The van der Waals surface area contributed by atoms with E-state index in [4.69, 9.17) is 0 Å². The molecule has 1 N–H and O–H groups in total. The van der Waals surface area contributed by atoms with Crippen LogP contribution in [0.25, 0.3) is 0 Å². The molecule has 0 saturated heterocycles. The second kappa shape index (κ2) is 6.04. The highest BCUT2D eigenvalue weighted by Gasteiger charge is 2.14. The number of aromatic nitrogens is 2. The molecular formula is C13H25N3. The second-order valence-electron chi connectivity index (χ2n) is 4.89. The molecule has 0 spiro atoms. The summed E-state index contributed by atoms with van der Waals surface area (Å²) in [5.74, 6) is 1.68. The maximum atomic E-state index is 4.43. The highest BCUT2D eigenvalue weighted by Crippen LogP contribution is 2.20. The van der Waals surface area contributed by atoms with Crippen LogP contribution in [0.5, 0.6) is 0 Å². The summed E-state index contributed by atoms with van der Waals surface area (Å²) in [6.07, 6.45) is 5.15. The Bertz CT molecular complexity index is 304. The zero-order chi connectivity index (χ0) is 12.1. The molecule has 92 valence electrons. The van der Waals surface area contributed by atoms with Gasteiger partial charge in [-0.2, -0.15) is 0 Å². The van der Waals surface area contributed by atoms with Crippen molar-refractivity contribution in [2.75, 3.05) is 6.54 Å². The van der Waals surface area contributed by atoms with Crippen LogP contribution in [0.4, 0.5) is 0 Å². The molecule has 1 rings (SSSR count). The van der Waals surface area contributed by atoms with E-state index in [1.807, 2.05) is 6.20 Å². The Balaban J connectivity index is 2.65. The van der Waals surface area contributed by atoms with Gasteiger partial charge >= 0.3 is 0 Å². The lowest BCUT2D eigenvalue weighted by atomic mass is 10.1. The summed E-state index contributed by atoms with van der Waals surface area (Å²) >= 11 is 0. The smallest absolute Gasteiger partial charge is 0.111 e. The molecule has 0 fully saturated rings. The maximum Gasteiger partial charge on any atom is 0.111 e. The van der Waals surface area contributed by atoms with Gasteiger partial charge in [0.15, 0.2) is 0 Å².